The lowest BCUT2D eigenvalue weighted by Gasteiger charge is -2.29. The molecule has 190 valence electrons. The fourth-order valence-corrected chi connectivity index (χ4v) is 4.09. The quantitative estimate of drug-likeness (QED) is 0.336. The van der Waals surface area contributed by atoms with Crippen molar-refractivity contribution in [2.75, 3.05) is 23.0 Å². The van der Waals surface area contributed by atoms with Gasteiger partial charge in [-0.2, -0.15) is 18.4 Å². The summed E-state index contributed by atoms with van der Waals surface area (Å²) in [5, 5.41) is 26.8. The average molecular weight is 525 g/mol. The van der Waals surface area contributed by atoms with E-state index in [1.54, 1.807) is 0 Å². The first-order valence-corrected chi connectivity index (χ1v) is 10.7. The molecular weight excluding hydrogens is 506 g/mol. The fraction of sp³-hybridized carbons (Fsp3) is 0.304. The maximum absolute atomic E-state index is 14.8. The minimum absolute atomic E-state index is 0.0370. The second-order valence-corrected chi connectivity index (χ2v) is 8.62. The number of anilines is 2. The Labute approximate surface area is 207 Å². The molecule has 36 heavy (non-hydrogen) atoms. The molecule has 2 N–H and O–H groups in total. The number of rotatable bonds is 6. The van der Waals surface area contributed by atoms with Crippen LogP contribution in [-0.4, -0.2) is 52.1 Å². The molecular formula is C23H19F4N3O5S. The second-order valence-electron chi connectivity index (χ2n) is 8.26. The third kappa shape index (κ3) is 4.88. The van der Waals surface area contributed by atoms with Crippen molar-refractivity contribution in [1.82, 2.24) is 0 Å². The highest BCUT2D eigenvalue weighted by Crippen LogP contribution is 2.39. The third-order valence-corrected chi connectivity index (χ3v) is 5.77. The molecule has 0 radical (unpaired) electrons. The number of aliphatic hydroxyl groups is 2. The number of nitriles is 1. The molecule has 1 atom stereocenters. The van der Waals surface area contributed by atoms with Crippen molar-refractivity contribution in [3.63, 3.8) is 0 Å². The number of amides is 1. The van der Waals surface area contributed by atoms with Gasteiger partial charge in [0.15, 0.2) is 5.11 Å². The normalized spacial score (nSPS) is 16.2. The van der Waals surface area contributed by atoms with Gasteiger partial charge in [0, 0.05) is 5.69 Å². The Kier molecular flexibility index (Phi) is 7.35. The van der Waals surface area contributed by atoms with Gasteiger partial charge < -0.3 is 19.8 Å². The van der Waals surface area contributed by atoms with Gasteiger partial charge in [0.1, 0.15) is 24.1 Å². The van der Waals surface area contributed by atoms with Crippen molar-refractivity contribution < 1.29 is 42.1 Å². The van der Waals surface area contributed by atoms with Gasteiger partial charge in [-0.25, -0.2) is 9.18 Å². The van der Waals surface area contributed by atoms with Crippen LogP contribution in [0.4, 0.5) is 28.9 Å². The zero-order valence-electron chi connectivity index (χ0n) is 18.8. The van der Waals surface area contributed by atoms with Crippen LogP contribution in [0.1, 0.15) is 35.3 Å². The van der Waals surface area contributed by atoms with E-state index in [4.69, 9.17) is 27.3 Å². The van der Waals surface area contributed by atoms with Crippen LogP contribution in [0.15, 0.2) is 36.4 Å². The zero-order chi connectivity index (χ0) is 27.0. The number of thiocarbonyl (C=S) groups is 1. The Hall–Kier alpha value is -3.60. The highest BCUT2D eigenvalue weighted by molar-refractivity contribution is 7.81. The number of hydrogen-bond acceptors (Lipinski definition) is 7. The number of nitrogens with zero attached hydrogens (tertiary/aromatic N) is 3. The monoisotopic (exact) mass is 525 g/mol. The summed E-state index contributed by atoms with van der Waals surface area (Å²) in [6.07, 6.45) is -6.20. The number of halogens is 4. The first-order chi connectivity index (χ1) is 16.7. The van der Waals surface area contributed by atoms with E-state index in [2.05, 4.69) is 0 Å². The van der Waals surface area contributed by atoms with Crippen LogP contribution >= 0.6 is 12.2 Å². The van der Waals surface area contributed by atoms with E-state index >= 15 is 0 Å². The number of benzene rings is 2. The Morgan fingerprint density at radius 3 is 2.42 bits per heavy atom. The number of ether oxygens (including phenoxy) is 1. The summed E-state index contributed by atoms with van der Waals surface area (Å²) in [4.78, 5) is 27.4. The smallest absolute Gasteiger partial charge is 0.417 e. The number of carbonyl (C=O) groups is 2. The number of aliphatic hydroxyl groups excluding tert-OH is 2. The van der Waals surface area contributed by atoms with Gasteiger partial charge in [-0.05, 0) is 62.5 Å². The molecule has 2 aromatic rings. The first kappa shape index (κ1) is 27.0. The molecule has 1 heterocycles. The summed E-state index contributed by atoms with van der Waals surface area (Å²) >= 11 is 5.38. The van der Waals surface area contributed by atoms with E-state index in [0.29, 0.717) is 6.07 Å². The Bertz CT molecular complexity index is 1280. The SMILES string of the molecule is CC1(C)C(=O)N(c2ccc(C#N)c(C(F)(F)F)c2)C(=S)N1c1ccc(C(=O)OC[C@@H](O)CO)c(F)c1. The van der Waals surface area contributed by atoms with Crippen LogP contribution < -0.4 is 9.80 Å². The summed E-state index contributed by atoms with van der Waals surface area (Å²) in [5.74, 6) is -2.85. The molecule has 8 nitrogen and oxygen atoms in total. The van der Waals surface area contributed by atoms with Crippen molar-refractivity contribution in [2.45, 2.75) is 31.7 Å². The second kappa shape index (κ2) is 9.81. The minimum Gasteiger partial charge on any atom is -0.459 e. The lowest BCUT2D eigenvalue weighted by atomic mass is 10.0. The van der Waals surface area contributed by atoms with Crippen molar-refractivity contribution in [2.24, 2.45) is 0 Å². The van der Waals surface area contributed by atoms with E-state index in [-0.39, 0.29) is 16.5 Å². The predicted octanol–water partition coefficient (Wildman–Crippen LogP) is 3.14. The van der Waals surface area contributed by atoms with Crippen LogP contribution in [-0.2, 0) is 15.7 Å². The van der Waals surface area contributed by atoms with Gasteiger partial charge in [0.2, 0.25) is 0 Å². The number of carbonyl (C=O) groups excluding carboxylic acids is 2. The van der Waals surface area contributed by atoms with Gasteiger partial charge in [-0.15, -0.1) is 0 Å². The Balaban J connectivity index is 1.98. The van der Waals surface area contributed by atoms with Crippen molar-refractivity contribution in [3.8, 4) is 6.07 Å². The van der Waals surface area contributed by atoms with Crippen LogP contribution in [0, 0.1) is 17.1 Å². The molecule has 0 saturated carbocycles. The number of esters is 1. The predicted molar refractivity (Wildman–Crippen MR) is 123 cm³/mol. The minimum atomic E-state index is -4.86. The zero-order valence-corrected chi connectivity index (χ0v) is 19.7. The molecule has 1 saturated heterocycles. The molecule has 0 bridgehead atoms. The van der Waals surface area contributed by atoms with E-state index < -0.39 is 65.4 Å². The molecule has 0 unspecified atom stereocenters. The fourth-order valence-electron chi connectivity index (χ4n) is 3.57. The van der Waals surface area contributed by atoms with Crippen molar-refractivity contribution >= 4 is 40.6 Å². The molecule has 1 amide bonds. The van der Waals surface area contributed by atoms with Crippen LogP contribution in [0.3, 0.4) is 0 Å². The first-order valence-electron chi connectivity index (χ1n) is 10.3. The maximum Gasteiger partial charge on any atom is 0.417 e. The van der Waals surface area contributed by atoms with E-state index in [1.165, 1.54) is 30.9 Å². The topological polar surface area (TPSA) is 114 Å². The molecule has 0 spiro atoms. The summed E-state index contributed by atoms with van der Waals surface area (Å²) in [7, 11) is 0. The summed E-state index contributed by atoms with van der Waals surface area (Å²) in [6.45, 7) is 1.65. The van der Waals surface area contributed by atoms with E-state index in [0.717, 1.165) is 29.2 Å². The van der Waals surface area contributed by atoms with E-state index in [1.807, 2.05) is 0 Å². The van der Waals surface area contributed by atoms with Crippen LogP contribution in [0.2, 0.25) is 0 Å². The molecule has 1 aliphatic rings. The standard InChI is InChI=1S/C23H19F4N3O5S/c1-22(2)20(34)29(13-4-3-12(9-28)17(7-13)23(25,26)27)21(36)30(22)14-5-6-16(18(24)8-14)19(33)35-11-15(32)10-31/h3-8,15,31-32H,10-11H2,1-2H3/t15-/m0/s1. The van der Waals surface area contributed by atoms with Gasteiger partial charge in [0.25, 0.3) is 5.91 Å². The van der Waals surface area contributed by atoms with E-state index in [9.17, 15) is 32.3 Å². The lowest BCUT2D eigenvalue weighted by molar-refractivity contribution is -0.137. The molecule has 3 rings (SSSR count). The molecule has 0 aromatic heterocycles. The summed E-state index contributed by atoms with van der Waals surface area (Å²) < 4.78 is 59.9. The van der Waals surface area contributed by atoms with Gasteiger partial charge >= 0.3 is 12.1 Å². The average Bonchev–Trinajstić information content (AvgIpc) is 2.99. The highest BCUT2D eigenvalue weighted by Gasteiger charge is 2.51. The summed E-state index contributed by atoms with van der Waals surface area (Å²) in [6, 6.07) is 7.42. The van der Waals surface area contributed by atoms with Crippen LogP contribution in [0.5, 0.6) is 0 Å². The van der Waals surface area contributed by atoms with Gasteiger partial charge in [0.05, 0.1) is 35.1 Å². The maximum atomic E-state index is 14.8. The van der Waals surface area contributed by atoms with Crippen molar-refractivity contribution in [1.29, 1.82) is 5.26 Å². The number of hydrogen-bond donors (Lipinski definition) is 2. The molecule has 13 heteroatoms. The lowest BCUT2D eigenvalue weighted by Crippen LogP contribution is -2.44. The van der Waals surface area contributed by atoms with Gasteiger partial charge in [-0.1, -0.05) is 0 Å². The van der Waals surface area contributed by atoms with Gasteiger partial charge in [-0.3, -0.25) is 9.69 Å². The third-order valence-electron chi connectivity index (χ3n) is 5.40. The molecule has 1 fully saturated rings. The van der Waals surface area contributed by atoms with Crippen molar-refractivity contribution in [3.05, 3.63) is 58.9 Å². The molecule has 1 aliphatic heterocycles. The Morgan fingerprint density at radius 2 is 1.86 bits per heavy atom. The Morgan fingerprint density at radius 1 is 1.22 bits per heavy atom. The number of alkyl halides is 3. The molecule has 0 aliphatic carbocycles. The highest BCUT2D eigenvalue weighted by atomic mass is 32.1. The largest absolute Gasteiger partial charge is 0.459 e. The summed E-state index contributed by atoms with van der Waals surface area (Å²) in [5.41, 5.74) is -4.00. The molecule has 2 aromatic carbocycles. The van der Waals surface area contributed by atoms with Crippen LogP contribution in [0.25, 0.3) is 0 Å².